The summed E-state index contributed by atoms with van der Waals surface area (Å²) in [5, 5.41) is 2.96. The molecule has 1 aromatic carbocycles. The number of benzene rings is 1. The van der Waals surface area contributed by atoms with Crippen LogP contribution in [0.15, 0.2) is 24.3 Å². The molecule has 1 fully saturated rings. The number of carbonyl (C=O) groups excluding carboxylic acids is 1. The molecule has 2 rings (SSSR count). The van der Waals surface area contributed by atoms with Crippen LogP contribution < -0.4 is 10.1 Å². The maximum Gasteiger partial charge on any atom is 0.227 e. The molecule has 0 spiro atoms. The van der Waals surface area contributed by atoms with Crippen LogP contribution in [0.2, 0.25) is 0 Å². The minimum absolute atomic E-state index is 0.141. The molecule has 1 atom stereocenters. The molecule has 0 bridgehead atoms. The first-order valence-electron chi connectivity index (χ1n) is 6.76. The Morgan fingerprint density at radius 3 is 2.89 bits per heavy atom. The van der Waals surface area contributed by atoms with E-state index in [1.165, 1.54) is 6.42 Å². The monoisotopic (exact) mass is 247 g/mol. The van der Waals surface area contributed by atoms with Crippen LogP contribution in [0.5, 0.6) is 5.75 Å². The Hall–Kier alpha value is -1.51. The molecule has 0 heterocycles. The van der Waals surface area contributed by atoms with Gasteiger partial charge in [0.15, 0.2) is 0 Å². The molecule has 0 saturated heterocycles. The van der Waals surface area contributed by atoms with Gasteiger partial charge in [0.25, 0.3) is 0 Å². The van der Waals surface area contributed by atoms with Crippen molar-refractivity contribution in [3.8, 4) is 5.75 Å². The molecule has 1 aromatic rings. The Morgan fingerprint density at radius 1 is 1.50 bits per heavy atom. The van der Waals surface area contributed by atoms with Crippen molar-refractivity contribution in [2.75, 3.05) is 5.32 Å². The Labute approximate surface area is 109 Å². The van der Waals surface area contributed by atoms with E-state index in [0.717, 1.165) is 30.7 Å². The van der Waals surface area contributed by atoms with Crippen LogP contribution in [0.4, 0.5) is 5.69 Å². The fraction of sp³-hybridized carbons (Fsp3) is 0.533. The third-order valence-electron chi connectivity index (χ3n) is 3.49. The summed E-state index contributed by atoms with van der Waals surface area (Å²) in [7, 11) is 0. The zero-order valence-corrected chi connectivity index (χ0v) is 11.1. The van der Waals surface area contributed by atoms with Crippen molar-refractivity contribution in [3.05, 3.63) is 24.3 Å². The molecular formula is C15H21NO2. The van der Waals surface area contributed by atoms with Gasteiger partial charge in [-0.25, -0.2) is 0 Å². The van der Waals surface area contributed by atoms with Crippen molar-refractivity contribution < 1.29 is 9.53 Å². The Kier molecular flexibility index (Phi) is 4.24. The van der Waals surface area contributed by atoms with Gasteiger partial charge in [-0.05, 0) is 38.3 Å². The van der Waals surface area contributed by atoms with Crippen LogP contribution in [-0.4, -0.2) is 12.0 Å². The predicted octanol–water partition coefficient (Wildman–Crippen LogP) is 3.60. The van der Waals surface area contributed by atoms with Crippen LogP contribution in [0.1, 0.15) is 39.5 Å². The third-order valence-corrected chi connectivity index (χ3v) is 3.49. The summed E-state index contributed by atoms with van der Waals surface area (Å²) in [5.74, 6) is 1.17. The lowest BCUT2D eigenvalue weighted by atomic mass is 9.85. The van der Waals surface area contributed by atoms with Gasteiger partial charge in [-0.1, -0.05) is 19.4 Å². The average molecular weight is 247 g/mol. The molecule has 1 aliphatic rings. The van der Waals surface area contributed by atoms with E-state index in [4.69, 9.17) is 4.74 Å². The molecule has 1 unspecified atom stereocenters. The fourth-order valence-corrected chi connectivity index (χ4v) is 1.88. The first kappa shape index (κ1) is 12.9. The number of rotatable bonds is 5. The zero-order valence-electron chi connectivity index (χ0n) is 11.1. The van der Waals surface area contributed by atoms with Gasteiger partial charge in [-0.15, -0.1) is 0 Å². The second-order valence-electron chi connectivity index (χ2n) is 4.98. The van der Waals surface area contributed by atoms with Crippen molar-refractivity contribution in [2.45, 2.75) is 45.6 Å². The number of ether oxygens (including phenoxy) is 1. The maximum atomic E-state index is 11.8. The van der Waals surface area contributed by atoms with Crippen LogP contribution in [-0.2, 0) is 4.79 Å². The molecule has 1 saturated carbocycles. The van der Waals surface area contributed by atoms with E-state index in [1.807, 2.05) is 31.2 Å². The van der Waals surface area contributed by atoms with Crippen molar-refractivity contribution >= 4 is 11.6 Å². The first-order valence-corrected chi connectivity index (χ1v) is 6.76. The molecule has 3 heteroatoms. The van der Waals surface area contributed by atoms with Crippen LogP contribution >= 0.6 is 0 Å². The molecule has 1 amide bonds. The van der Waals surface area contributed by atoms with Crippen molar-refractivity contribution in [1.29, 1.82) is 0 Å². The topological polar surface area (TPSA) is 38.3 Å². The Balaban J connectivity index is 1.95. The van der Waals surface area contributed by atoms with Gasteiger partial charge in [0.2, 0.25) is 5.91 Å². The second-order valence-corrected chi connectivity index (χ2v) is 4.98. The predicted molar refractivity (Wildman–Crippen MR) is 72.8 cm³/mol. The van der Waals surface area contributed by atoms with E-state index in [-0.39, 0.29) is 17.9 Å². The summed E-state index contributed by atoms with van der Waals surface area (Å²) in [4.78, 5) is 11.8. The van der Waals surface area contributed by atoms with Crippen LogP contribution in [0, 0.1) is 5.92 Å². The molecule has 1 N–H and O–H groups in total. The molecular weight excluding hydrogens is 226 g/mol. The largest absolute Gasteiger partial charge is 0.491 e. The number of amides is 1. The van der Waals surface area contributed by atoms with Gasteiger partial charge in [-0.2, -0.15) is 0 Å². The van der Waals surface area contributed by atoms with E-state index in [2.05, 4.69) is 12.2 Å². The smallest absolute Gasteiger partial charge is 0.227 e. The van der Waals surface area contributed by atoms with Crippen LogP contribution in [0.25, 0.3) is 0 Å². The fourth-order valence-electron chi connectivity index (χ4n) is 1.88. The van der Waals surface area contributed by atoms with Gasteiger partial charge >= 0.3 is 0 Å². The van der Waals surface area contributed by atoms with Gasteiger partial charge in [-0.3, -0.25) is 4.79 Å². The summed E-state index contributed by atoms with van der Waals surface area (Å²) in [5.41, 5.74) is 0.827. The summed E-state index contributed by atoms with van der Waals surface area (Å²) in [6.07, 6.45) is 4.39. The summed E-state index contributed by atoms with van der Waals surface area (Å²) >= 11 is 0. The van der Waals surface area contributed by atoms with E-state index in [9.17, 15) is 4.79 Å². The van der Waals surface area contributed by atoms with E-state index in [0.29, 0.717) is 0 Å². The normalized spacial score (nSPS) is 16.8. The minimum Gasteiger partial charge on any atom is -0.491 e. The van der Waals surface area contributed by atoms with Crippen molar-refractivity contribution in [3.63, 3.8) is 0 Å². The highest BCUT2D eigenvalue weighted by molar-refractivity contribution is 5.93. The van der Waals surface area contributed by atoms with Gasteiger partial charge in [0, 0.05) is 17.7 Å². The zero-order chi connectivity index (χ0) is 13.0. The number of anilines is 1. The average Bonchev–Trinajstić information content (AvgIpc) is 2.26. The van der Waals surface area contributed by atoms with E-state index in [1.54, 1.807) is 0 Å². The first-order chi connectivity index (χ1) is 8.69. The molecule has 0 radical (unpaired) electrons. The van der Waals surface area contributed by atoms with E-state index >= 15 is 0 Å². The molecule has 0 aliphatic heterocycles. The van der Waals surface area contributed by atoms with Crippen LogP contribution in [0.3, 0.4) is 0 Å². The highest BCUT2D eigenvalue weighted by Crippen LogP contribution is 2.28. The van der Waals surface area contributed by atoms with Crippen molar-refractivity contribution in [1.82, 2.24) is 0 Å². The Bertz CT molecular complexity index is 413. The van der Waals surface area contributed by atoms with Crippen molar-refractivity contribution in [2.24, 2.45) is 5.92 Å². The van der Waals surface area contributed by atoms with Gasteiger partial charge in [0.1, 0.15) is 5.75 Å². The Morgan fingerprint density at radius 2 is 2.28 bits per heavy atom. The maximum absolute atomic E-state index is 11.8. The van der Waals surface area contributed by atoms with E-state index < -0.39 is 0 Å². The molecule has 3 nitrogen and oxygen atoms in total. The quantitative estimate of drug-likeness (QED) is 0.863. The lowest BCUT2D eigenvalue weighted by Crippen LogP contribution is -2.28. The summed E-state index contributed by atoms with van der Waals surface area (Å²) in [6.45, 7) is 4.13. The minimum atomic E-state index is 0.141. The SMILES string of the molecule is CCC(C)Oc1cccc(NC(=O)C2CCC2)c1. The summed E-state index contributed by atoms with van der Waals surface area (Å²) < 4.78 is 5.74. The standard InChI is InChI=1S/C15H21NO2/c1-3-11(2)18-14-9-5-8-13(10-14)16-15(17)12-6-4-7-12/h5,8-12H,3-4,6-7H2,1-2H3,(H,16,17). The second kappa shape index (κ2) is 5.89. The number of nitrogens with one attached hydrogen (secondary N) is 1. The highest BCUT2D eigenvalue weighted by Gasteiger charge is 2.25. The van der Waals surface area contributed by atoms with Gasteiger partial charge in [0.05, 0.1) is 6.10 Å². The lowest BCUT2D eigenvalue weighted by Gasteiger charge is -2.24. The summed E-state index contributed by atoms with van der Waals surface area (Å²) in [6, 6.07) is 7.63. The molecule has 18 heavy (non-hydrogen) atoms. The number of hydrogen-bond donors (Lipinski definition) is 1. The highest BCUT2D eigenvalue weighted by atomic mass is 16.5. The lowest BCUT2D eigenvalue weighted by molar-refractivity contribution is -0.122. The molecule has 1 aliphatic carbocycles. The molecule has 98 valence electrons. The number of hydrogen-bond acceptors (Lipinski definition) is 2. The molecule has 0 aromatic heterocycles. The number of carbonyl (C=O) groups is 1. The van der Waals surface area contributed by atoms with Gasteiger partial charge < -0.3 is 10.1 Å². The third kappa shape index (κ3) is 3.25.